The molecule has 1 heterocycles. The molecule has 0 radical (unpaired) electrons. The van der Waals surface area contributed by atoms with Gasteiger partial charge in [-0.1, -0.05) is 13.8 Å². The fourth-order valence-electron chi connectivity index (χ4n) is 3.14. The van der Waals surface area contributed by atoms with Gasteiger partial charge in [0.05, 0.1) is 12.1 Å². The minimum absolute atomic E-state index is 0.0533. The van der Waals surface area contributed by atoms with Crippen molar-refractivity contribution < 1.29 is 23.8 Å². The summed E-state index contributed by atoms with van der Waals surface area (Å²) < 4.78 is 25.7. The number of hydrogen-bond acceptors (Lipinski definition) is 5. The Labute approximate surface area is 160 Å². The van der Waals surface area contributed by atoms with Gasteiger partial charge < -0.3 is 25.2 Å². The molecule has 1 fully saturated rings. The van der Waals surface area contributed by atoms with Crippen LogP contribution < -0.4 is 10.5 Å². The van der Waals surface area contributed by atoms with Crippen molar-refractivity contribution in [3.8, 4) is 5.75 Å². The zero-order chi connectivity index (χ0) is 20.4. The Kier molecular flexibility index (Phi) is 6.37. The van der Waals surface area contributed by atoms with Crippen molar-refractivity contribution in [3.63, 3.8) is 0 Å². The standard InChI is InChI=1S/C20H31FN2O4/c1-13(2)11-26-15-6-7-17(21)16(8-15)20(22)12-23(9-14(20)10-24)18(25)27-19(3,4)5/h6-8,13-14,24H,9-12,22H2,1-5H3/t14?,20-/m0/s1. The largest absolute Gasteiger partial charge is 0.493 e. The quantitative estimate of drug-likeness (QED) is 0.818. The zero-order valence-corrected chi connectivity index (χ0v) is 16.8. The molecular formula is C20H31FN2O4. The summed E-state index contributed by atoms with van der Waals surface area (Å²) in [5.74, 6) is -0.166. The summed E-state index contributed by atoms with van der Waals surface area (Å²) in [7, 11) is 0. The van der Waals surface area contributed by atoms with Crippen LogP contribution in [-0.4, -0.2) is 48.0 Å². The van der Waals surface area contributed by atoms with E-state index in [-0.39, 0.29) is 25.3 Å². The maximum atomic E-state index is 14.6. The van der Waals surface area contributed by atoms with E-state index in [0.29, 0.717) is 18.3 Å². The molecule has 2 rings (SSSR count). The van der Waals surface area contributed by atoms with E-state index in [1.54, 1.807) is 32.9 Å². The van der Waals surface area contributed by atoms with Crippen LogP contribution in [0.25, 0.3) is 0 Å². The third-order valence-electron chi connectivity index (χ3n) is 4.52. The van der Waals surface area contributed by atoms with Gasteiger partial charge in [0.15, 0.2) is 0 Å². The fourth-order valence-corrected chi connectivity index (χ4v) is 3.14. The van der Waals surface area contributed by atoms with Crippen molar-refractivity contribution in [1.29, 1.82) is 0 Å². The van der Waals surface area contributed by atoms with Crippen LogP contribution in [0, 0.1) is 17.7 Å². The molecule has 1 unspecified atom stereocenters. The van der Waals surface area contributed by atoms with Crippen LogP contribution in [-0.2, 0) is 10.3 Å². The first-order valence-corrected chi connectivity index (χ1v) is 9.26. The molecule has 0 saturated carbocycles. The second kappa shape index (κ2) is 8.02. The highest BCUT2D eigenvalue weighted by atomic mass is 19.1. The Morgan fingerprint density at radius 3 is 2.67 bits per heavy atom. The van der Waals surface area contributed by atoms with E-state index < -0.39 is 29.0 Å². The lowest BCUT2D eigenvalue weighted by molar-refractivity contribution is 0.0279. The predicted octanol–water partition coefficient (Wildman–Crippen LogP) is 2.87. The number of nitrogens with zero attached hydrogens (tertiary/aromatic N) is 1. The monoisotopic (exact) mass is 382 g/mol. The number of carbonyl (C=O) groups excluding carboxylic acids is 1. The van der Waals surface area contributed by atoms with Gasteiger partial charge in [-0.2, -0.15) is 0 Å². The first kappa shape index (κ1) is 21.4. The molecule has 0 aliphatic carbocycles. The van der Waals surface area contributed by atoms with Crippen LogP contribution >= 0.6 is 0 Å². The van der Waals surface area contributed by atoms with Gasteiger partial charge in [-0.25, -0.2) is 9.18 Å². The van der Waals surface area contributed by atoms with E-state index in [9.17, 15) is 14.3 Å². The van der Waals surface area contributed by atoms with Crippen LogP contribution in [0.5, 0.6) is 5.75 Å². The molecule has 0 bridgehead atoms. The van der Waals surface area contributed by atoms with Gasteiger partial charge in [-0.3, -0.25) is 0 Å². The molecule has 1 aliphatic rings. The maximum Gasteiger partial charge on any atom is 0.410 e. The summed E-state index contributed by atoms with van der Waals surface area (Å²) in [6.45, 7) is 9.83. The van der Waals surface area contributed by atoms with Gasteiger partial charge >= 0.3 is 6.09 Å². The topological polar surface area (TPSA) is 85.0 Å². The number of hydrogen-bond donors (Lipinski definition) is 2. The lowest BCUT2D eigenvalue weighted by Crippen LogP contribution is -2.47. The Morgan fingerprint density at radius 2 is 2.11 bits per heavy atom. The molecule has 1 amide bonds. The van der Waals surface area contributed by atoms with E-state index in [0.717, 1.165) is 0 Å². The summed E-state index contributed by atoms with van der Waals surface area (Å²) in [6.07, 6.45) is -0.527. The number of aliphatic hydroxyl groups is 1. The first-order valence-electron chi connectivity index (χ1n) is 9.26. The van der Waals surface area contributed by atoms with E-state index in [4.69, 9.17) is 15.2 Å². The van der Waals surface area contributed by atoms with E-state index in [1.165, 1.54) is 11.0 Å². The molecule has 6 nitrogen and oxygen atoms in total. The molecule has 152 valence electrons. The average molecular weight is 382 g/mol. The Morgan fingerprint density at radius 1 is 1.44 bits per heavy atom. The molecule has 2 atom stereocenters. The summed E-state index contributed by atoms with van der Waals surface area (Å²) >= 11 is 0. The lowest BCUT2D eigenvalue weighted by Gasteiger charge is -2.30. The normalized spacial score (nSPS) is 23.0. The van der Waals surface area contributed by atoms with Crippen molar-refractivity contribution in [3.05, 3.63) is 29.6 Å². The summed E-state index contributed by atoms with van der Waals surface area (Å²) in [6, 6.07) is 4.43. The maximum absolute atomic E-state index is 14.6. The van der Waals surface area contributed by atoms with Gasteiger partial charge in [0.25, 0.3) is 0 Å². The van der Waals surface area contributed by atoms with E-state index in [1.807, 2.05) is 13.8 Å². The fraction of sp³-hybridized carbons (Fsp3) is 0.650. The molecule has 1 saturated heterocycles. The number of ether oxygens (including phenoxy) is 2. The van der Waals surface area contributed by atoms with Crippen LogP contribution in [0.15, 0.2) is 18.2 Å². The van der Waals surface area contributed by atoms with Gasteiger partial charge in [0.1, 0.15) is 17.2 Å². The van der Waals surface area contributed by atoms with Crippen LogP contribution in [0.3, 0.4) is 0 Å². The number of rotatable bonds is 5. The molecule has 0 spiro atoms. The highest BCUT2D eigenvalue weighted by Crippen LogP contribution is 2.38. The summed E-state index contributed by atoms with van der Waals surface area (Å²) in [5, 5.41) is 9.82. The minimum atomic E-state index is -1.23. The van der Waals surface area contributed by atoms with E-state index >= 15 is 0 Å². The molecule has 3 N–H and O–H groups in total. The van der Waals surface area contributed by atoms with Gasteiger partial charge in [0, 0.05) is 31.2 Å². The van der Waals surface area contributed by atoms with Gasteiger partial charge in [-0.05, 0) is 44.9 Å². The number of carbonyl (C=O) groups is 1. The van der Waals surface area contributed by atoms with Gasteiger partial charge in [-0.15, -0.1) is 0 Å². The Balaban J connectivity index is 2.29. The number of halogens is 1. The minimum Gasteiger partial charge on any atom is -0.493 e. The van der Waals surface area contributed by atoms with E-state index in [2.05, 4.69) is 0 Å². The van der Waals surface area contributed by atoms with Crippen LogP contribution in [0.1, 0.15) is 40.2 Å². The Bertz CT molecular complexity index is 674. The molecule has 0 aromatic heterocycles. The number of aliphatic hydroxyl groups excluding tert-OH is 1. The first-order chi connectivity index (χ1) is 12.5. The zero-order valence-electron chi connectivity index (χ0n) is 16.8. The van der Waals surface area contributed by atoms with Crippen LogP contribution in [0.2, 0.25) is 0 Å². The third-order valence-corrected chi connectivity index (χ3v) is 4.52. The summed E-state index contributed by atoms with van der Waals surface area (Å²) in [5.41, 5.74) is 4.90. The smallest absolute Gasteiger partial charge is 0.410 e. The van der Waals surface area contributed by atoms with Crippen molar-refractivity contribution in [2.75, 3.05) is 26.3 Å². The summed E-state index contributed by atoms with van der Waals surface area (Å²) in [4.78, 5) is 13.8. The molecule has 7 heteroatoms. The lowest BCUT2D eigenvalue weighted by atomic mass is 9.81. The van der Waals surface area contributed by atoms with Crippen LogP contribution in [0.4, 0.5) is 9.18 Å². The van der Waals surface area contributed by atoms with Crippen molar-refractivity contribution >= 4 is 6.09 Å². The van der Waals surface area contributed by atoms with Crippen molar-refractivity contribution in [1.82, 2.24) is 4.90 Å². The molecule has 27 heavy (non-hydrogen) atoms. The van der Waals surface area contributed by atoms with Gasteiger partial charge in [0.2, 0.25) is 0 Å². The number of nitrogens with two attached hydrogens (primary N) is 1. The molecular weight excluding hydrogens is 351 g/mol. The second-order valence-corrected chi connectivity index (χ2v) is 8.63. The molecule has 1 aromatic carbocycles. The number of benzene rings is 1. The number of likely N-dealkylation sites (tertiary alicyclic amines) is 1. The van der Waals surface area contributed by atoms with Crippen molar-refractivity contribution in [2.24, 2.45) is 17.6 Å². The average Bonchev–Trinajstić information content (AvgIpc) is 2.90. The highest BCUT2D eigenvalue weighted by Gasteiger charge is 2.48. The van der Waals surface area contributed by atoms with Crippen molar-refractivity contribution in [2.45, 2.75) is 45.8 Å². The molecule has 1 aliphatic heterocycles. The predicted molar refractivity (Wildman–Crippen MR) is 101 cm³/mol. The Hall–Kier alpha value is -1.86. The number of amides is 1. The SMILES string of the molecule is CC(C)COc1ccc(F)c([C@]2(N)CN(C(=O)OC(C)(C)C)CC2CO)c1. The third kappa shape index (κ3) is 5.11. The second-order valence-electron chi connectivity index (χ2n) is 8.63. The highest BCUT2D eigenvalue weighted by molar-refractivity contribution is 5.69. The molecule has 1 aromatic rings.